The fraction of sp³-hybridized carbons (Fsp3) is 0.333. The molecule has 0 aromatic heterocycles. The lowest BCUT2D eigenvalue weighted by Crippen LogP contribution is -2.27. The highest BCUT2D eigenvalue weighted by molar-refractivity contribution is 7.89. The maximum atomic E-state index is 12.8. The molecule has 0 saturated carbocycles. The lowest BCUT2D eigenvalue weighted by atomic mass is 10.1. The van der Waals surface area contributed by atoms with Crippen molar-refractivity contribution in [1.29, 1.82) is 0 Å². The zero-order valence-corrected chi connectivity index (χ0v) is 15.6. The van der Waals surface area contributed by atoms with E-state index >= 15 is 0 Å². The number of fused-ring (bicyclic) bond motifs is 1. The van der Waals surface area contributed by atoms with Crippen LogP contribution in [-0.4, -0.2) is 35.9 Å². The summed E-state index contributed by atoms with van der Waals surface area (Å²) in [6, 6.07) is 9.52. The second-order valence-corrected chi connectivity index (χ2v) is 7.45. The molecule has 3 rings (SSSR count). The fourth-order valence-corrected chi connectivity index (χ4v) is 4.10. The van der Waals surface area contributed by atoms with E-state index < -0.39 is 16.1 Å². The first-order valence-corrected chi connectivity index (χ1v) is 9.57. The van der Waals surface area contributed by atoms with E-state index in [1.54, 1.807) is 31.2 Å². The third-order valence-corrected chi connectivity index (χ3v) is 5.62. The molecule has 0 unspecified atom stereocenters. The van der Waals surface area contributed by atoms with Gasteiger partial charge in [0.2, 0.25) is 10.0 Å². The van der Waals surface area contributed by atoms with Gasteiger partial charge in [-0.1, -0.05) is 6.07 Å². The first-order valence-electron chi connectivity index (χ1n) is 8.08. The van der Waals surface area contributed by atoms with Crippen LogP contribution in [0.15, 0.2) is 41.3 Å². The molecule has 8 heteroatoms. The zero-order valence-electron chi connectivity index (χ0n) is 14.8. The molecule has 1 N–H and O–H groups in total. The Labute approximate surface area is 152 Å². The molecule has 2 aromatic rings. The molecule has 0 saturated heterocycles. The molecule has 2 aromatic carbocycles. The van der Waals surface area contributed by atoms with Crippen LogP contribution in [0.25, 0.3) is 0 Å². The van der Waals surface area contributed by atoms with Gasteiger partial charge in [0.25, 0.3) is 0 Å². The number of hydrogen-bond donors (Lipinski definition) is 1. The van der Waals surface area contributed by atoms with E-state index in [9.17, 15) is 8.42 Å². The number of hydrogen-bond acceptors (Lipinski definition) is 6. The van der Waals surface area contributed by atoms with E-state index in [1.165, 1.54) is 20.3 Å². The quantitative estimate of drug-likeness (QED) is 0.830. The SMILES string of the molecule is COc1ccc(OC)c(S(=O)(=O)N[C@H](C)c2ccc3c(c2)OCCO3)c1. The van der Waals surface area contributed by atoms with E-state index in [0.717, 1.165) is 5.56 Å². The highest BCUT2D eigenvalue weighted by Crippen LogP contribution is 2.34. The van der Waals surface area contributed by atoms with E-state index in [2.05, 4.69) is 4.72 Å². The van der Waals surface area contributed by atoms with Gasteiger partial charge in [0, 0.05) is 12.1 Å². The molecule has 1 aliphatic heterocycles. The number of sulfonamides is 1. The highest BCUT2D eigenvalue weighted by Gasteiger charge is 2.24. The molecule has 0 spiro atoms. The van der Waals surface area contributed by atoms with Crippen LogP contribution in [0.1, 0.15) is 18.5 Å². The minimum atomic E-state index is -3.83. The predicted molar refractivity (Wildman–Crippen MR) is 95.7 cm³/mol. The summed E-state index contributed by atoms with van der Waals surface area (Å²) in [5.41, 5.74) is 0.764. The number of nitrogens with one attached hydrogen (secondary N) is 1. The molecular weight excluding hydrogens is 358 g/mol. The van der Waals surface area contributed by atoms with Gasteiger partial charge in [0.1, 0.15) is 29.6 Å². The van der Waals surface area contributed by atoms with Gasteiger partial charge in [0.05, 0.1) is 14.2 Å². The van der Waals surface area contributed by atoms with Crippen molar-refractivity contribution in [2.75, 3.05) is 27.4 Å². The molecule has 0 bridgehead atoms. The van der Waals surface area contributed by atoms with Crippen LogP contribution in [0.4, 0.5) is 0 Å². The average Bonchev–Trinajstić information content (AvgIpc) is 2.66. The van der Waals surface area contributed by atoms with E-state index in [-0.39, 0.29) is 10.6 Å². The van der Waals surface area contributed by atoms with Crippen LogP contribution in [0, 0.1) is 0 Å². The highest BCUT2D eigenvalue weighted by atomic mass is 32.2. The van der Waals surface area contributed by atoms with Crippen molar-refractivity contribution < 1.29 is 27.4 Å². The van der Waals surface area contributed by atoms with Crippen molar-refractivity contribution in [1.82, 2.24) is 4.72 Å². The predicted octanol–water partition coefficient (Wildman–Crippen LogP) is 2.51. The molecule has 0 amide bonds. The van der Waals surface area contributed by atoms with Crippen LogP contribution in [0.5, 0.6) is 23.0 Å². The number of rotatable bonds is 6. The summed E-state index contributed by atoms with van der Waals surface area (Å²) in [4.78, 5) is 0.0174. The van der Waals surface area contributed by atoms with Crippen LogP contribution in [-0.2, 0) is 10.0 Å². The fourth-order valence-electron chi connectivity index (χ4n) is 2.69. The molecule has 0 fully saturated rings. The first kappa shape index (κ1) is 18.3. The summed E-state index contributed by atoms with van der Waals surface area (Å²) in [6.45, 7) is 2.73. The van der Waals surface area contributed by atoms with Crippen LogP contribution in [0.3, 0.4) is 0 Å². The van der Waals surface area contributed by atoms with Gasteiger partial charge in [-0.3, -0.25) is 0 Å². The van der Waals surface area contributed by atoms with Gasteiger partial charge >= 0.3 is 0 Å². The molecular formula is C18H21NO6S. The Balaban J connectivity index is 1.87. The van der Waals surface area contributed by atoms with Crippen molar-refractivity contribution in [3.8, 4) is 23.0 Å². The van der Waals surface area contributed by atoms with Crippen molar-refractivity contribution in [3.05, 3.63) is 42.0 Å². The van der Waals surface area contributed by atoms with Crippen LogP contribution >= 0.6 is 0 Å². The molecule has 26 heavy (non-hydrogen) atoms. The average molecular weight is 379 g/mol. The van der Waals surface area contributed by atoms with Gasteiger partial charge in [0.15, 0.2) is 11.5 Å². The molecule has 1 heterocycles. The minimum absolute atomic E-state index is 0.0174. The van der Waals surface area contributed by atoms with Gasteiger partial charge in [-0.05, 0) is 36.8 Å². The van der Waals surface area contributed by atoms with Crippen molar-refractivity contribution in [2.24, 2.45) is 0 Å². The third kappa shape index (κ3) is 3.71. The summed E-state index contributed by atoms with van der Waals surface area (Å²) >= 11 is 0. The topological polar surface area (TPSA) is 83.1 Å². The first-order chi connectivity index (χ1) is 12.4. The maximum absolute atomic E-state index is 12.8. The van der Waals surface area contributed by atoms with Gasteiger partial charge in [-0.2, -0.15) is 0 Å². The van der Waals surface area contributed by atoms with Gasteiger partial charge < -0.3 is 18.9 Å². The summed E-state index contributed by atoms with van der Waals surface area (Å²) < 4.78 is 49.7. The zero-order chi connectivity index (χ0) is 18.7. The lowest BCUT2D eigenvalue weighted by molar-refractivity contribution is 0.171. The maximum Gasteiger partial charge on any atom is 0.244 e. The lowest BCUT2D eigenvalue weighted by Gasteiger charge is -2.21. The number of methoxy groups -OCH3 is 2. The second-order valence-electron chi connectivity index (χ2n) is 5.76. The number of benzene rings is 2. The Morgan fingerprint density at radius 2 is 1.73 bits per heavy atom. The molecule has 1 aliphatic rings. The van der Waals surface area contributed by atoms with Crippen LogP contribution in [0.2, 0.25) is 0 Å². The molecule has 7 nitrogen and oxygen atoms in total. The third-order valence-electron chi connectivity index (χ3n) is 4.06. The molecule has 0 aliphatic carbocycles. The van der Waals surface area contributed by atoms with Crippen molar-refractivity contribution in [3.63, 3.8) is 0 Å². The summed E-state index contributed by atoms with van der Waals surface area (Å²) in [5, 5.41) is 0. The Kier molecular flexibility index (Phi) is 5.24. The number of ether oxygens (including phenoxy) is 4. The Bertz CT molecular complexity index is 897. The molecule has 0 radical (unpaired) electrons. The summed E-state index contributed by atoms with van der Waals surface area (Å²) in [7, 11) is -0.934. The van der Waals surface area contributed by atoms with Crippen molar-refractivity contribution >= 4 is 10.0 Å². The monoisotopic (exact) mass is 379 g/mol. The second kappa shape index (κ2) is 7.43. The minimum Gasteiger partial charge on any atom is -0.497 e. The Morgan fingerprint density at radius 3 is 2.42 bits per heavy atom. The Hall–Kier alpha value is -2.45. The van der Waals surface area contributed by atoms with Crippen molar-refractivity contribution in [2.45, 2.75) is 17.9 Å². The summed E-state index contributed by atoms with van der Waals surface area (Å²) in [5.74, 6) is 1.94. The normalized spacial score (nSPS) is 14.6. The standard InChI is InChI=1S/C18H21NO6S/c1-12(13-4-6-15-17(10-13)25-9-8-24-15)19-26(20,21)18-11-14(22-2)5-7-16(18)23-3/h4-7,10-12,19H,8-9H2,1-3H3/t12-/m1/s1. The van der Waals surface area contributed by atoms with E-state index in [0.29, 0.717) is 30.5 Å². The summed E-state index contributed by atoms with van der Waals surface area (Å²) in [6.07, 6.45) is 0. The van der Waals surface area contributed by atoms with Crippen LogP contribution < -0.4 is 23.7 Å². The van der Waals surface area contributed by atoms with Gasteiger partial charge in [-0.25, -0.2) is 13.1 Å². The van der Waals surface area contributed by atoms with E-state index in [4.69, 9.17) is 18.9 Å². The van der Waals surface area contributed by atoms with E-state index in [1.807, 2.05) is 6.07 Å². The molecule has 1 atom stereocenters. The molecule has 140 valence electrons. The largest absolute Gasteiger partial charge is 0.497 e. The smallest absolute Gasteiger partial charge is 0.244 e. The van der Waals surface area contributed by atoms with Gasteiger partial charge in [-0.15, -0.1) is 0 Å². The Morgan fingerprint density at radius 1 is 1.00 bits per heavy atom.